The number of amides is 2. The van der Waals surface area contributed by atoms with Gasteiger partial charge >= 0.3 is 0 Å². The summed E-state index contributed by atoms with van der Waals surface area (Å²) in [4.78, 5) is 32.5. The van der Waals surface area contributed by atoms with Crippen LogP contribution < -0.4 is 0 Å². The summed E-state index contributed by atoms with van der Waals surface area (Å²) in [6.45, 7) is 11.8. The lowest BCUT2D eigenvalue weighted by Crippen LogP contribution is -2.53. The van der Waals surface area contributed by atoms with Gasteiger partial charge in [-0.05, 0) is 37.3 Å². The highest BCUT2D eigenvalue weighted by molar-refractivity contribution is 8.00. The molecule has 3 rings (SSSR count). The van der Waals surface area contributed by atoms with Gasteiger partial charge < -0.3 is 9.80 Å². The van der Waals surface area contributed by atoms with E-state index in [1.54, 1.807) is 11.8 Å². The summed E-state index contributed by atoms with van der Waals surface area (Å²) in [5, 5.41) is 0. The van der Waals surface area contributed by atoms with Crippen LogP contribution in [-0.4, -0.2) is 78.1 Å². The van der Waals surface area contributed by atoms with Crippen molar-refractivity contribution in [2.75, 3.05) is 51.6 Å². The number of piperidine rings is 1. The highest BCUT2D eigenvalue weighted by atomic mass is 32.2. The van der Waals surface area contributed by atoms with Gasteiger partial charge in [0.05, 0.1) is 12.3 Å². The second-order valence-electron chi connectivity index (χ2n) is 8.50. The molecule has 6 heteroatoms. The standard InChI is InChI=1S/C22H33N3O2S/c1-17-4-6-20(7-5-17)28-16-22(27)24-10-8-23(9-11-24)15-21(26)25-13-18(2)12-19(3)14-25/h4-7,18-19H,8-16H2,1-3H3. The summed E-state index contributed by atoms with van der Waals surface area (Å²) in [6.07, 6.45) is 1.21. The first-order chi connectivity index (χ1) is 13.4. The molecule has 2 saturated heterocycles. The molecule has 154 valence electrons. The van der Waals surface area contributed by atoms with E-state index < -0.39 is 0 Å². The molecule has 0 radical (unpaired) electrons. The maximum Gasteiger partial charge on any atom is 0.236 e. The van der Waals surface area contributed by atoms with E-state index in [4.69, 9.17) is 0 Å². The topological polar surface area (TPSA) is 43.9 Å². The highest BCUT2D eigenvalue weighted by Crippen LogP contribution is 2.21. The third kappa shape index (κ3) is 5.98. The lowest BCUT2D eigenvalue weighted by Gasteiger charge is -2.38. The first-order valence-electron chi connectivity index (χ1n) is 10.4. The fraction of sp³-hybridized carbons (Fsp3) is 0.636. The largest absolute Gasteiger partial charge is 0.341 e. The first kappa shape index (κ1) is 21.2. The molecule has 2 aliphatic heterocycles. The quantitative estimate of drug-likeness (QED) is 0.709. The Morgan fingerprint density at radius 1 is 0.929 bits per heavy atom. The van der Waals surface area contributed by atoms with Crippen LogP contribution in [0.3, 0.4) is 0 Å². The van der Waals surface area contributed by atoms with Crippen molar-refractivity contribution in [1.82, 2.24) is 14.7 Å². The van der Waals surface area contributed by atoms with E-state index in [1.165, 1.54) is 12.0 Å². The van der Waals surface area contributed by atoms with Gasteiger partial charge in [-0.2, -0.15) is 0 Å². The first-order valence-corrected chi connectivity index (χ1v) is 11.4. The molecule has 1 aromatic carbocycles. The van der Waals surface area contributed by atoms with Crippen molar-refractivity contribution >= 4 is 23.6 Å². The predicted molar refractivity (Wildman–Crippen MR) is 114 cm³/mol. The van der Waals surface area contributed by atoms with Gasteiger partial charge in [-0.1, -0.05) is 31.5 Å². The van der Waals surface area contributed by atoms with Crippen molar-refractivity contribution in [3.63, 3.8) is 0 Å². The van der Waals surface area contributed by atoms with Gasteiger partial charge in [-0.25, -0.2) is 0 Å². The van der Waals surface area contributed by atoms with Gasteiger partial charge in [0.15, 0.2) is 0 Å². The number of likely N-dealkylation sites (tertiary alicyclic amines) is 1. The molecule has 2 atom stereocenters. The molecular formula is C22H33N3O2S. The molecule has 28 heavy (non-hydrogen) atoms. The Labute approximate surface area is 173 Å². The molecule has 2 fully saturated rings. The van der Waals surface area contributed by atoms with Crippen LogP contribution in [0.2, 0.25) is 0 Å². The Morgan fingerprint density at radius 2 is 1.54 bits per heavy atom. The van der Waals surface area contributed by atoms with Gasteiger partial charge in [0.2, 0.25) is 11.8 Å². The van der Waals surface area contributed by atoms with Gasteiger partial charge in [0.1, 0.15) is 0 Å². The van der Waals surface area contributed by atoms with Crippen molar-refractivity contribution in [3.05, 3.63) is 29.8 Å². The van der Waals surface area contributed by atoms with Gasteiger partial charge in [0.25, 0.3) is 0 Å². The van der Waals surface area contributed by atoms with Crippen LogP contribution in [0.4, 0.5) is 0 Å². The van der Waals surface area contributed by atoms with E-state index in [2.05, 4.69) is 49.9 Å². The predicted octanol–water partition coefficient (Wildman–Crippen LogP) is 2.74. The molecule has 2 aliphatic rings. The molecule has 0 aliphatic carbocycles. The molecule has 1 aromatic rings. The van der Waals surface area contributed by atoms with Crippen molar-refractivity contribution in [2.45, 2.75) is 32.1 Å². The minimum Gasteiger partial charge on any atom is -0.341 e. The highest BCUT2D eigenvalue weighted by Gasteiger charge is 2.28. The minimum atomic E-state index is 0.190. The molecule has 0 aromatic heterocycles. The van der Waals surface area contributed by atoms with E-state index in [9.17, 15) is 9.59 Å². The molecule has 2 unspecified atom stereocenters. The van der Waals surface area contributed by atoms with Crippen molar-refractivity contribution < 1.29 is 9.59 Å². The van der Waals surface area contributed by atoms with Crippen LogP contribution in [0.15, 0.2) is 29.2 Å². The zero-order valence-corrected chi connectivity index (χ0v) is 18.2. The average Bonchev–Trinajstić information content (AvgIpc) is 2.67. The lowest BCUT2D eigenvalue weighted by atomic mass is 9.92. The fourth-order valence-corrected chi connectivity index (χ4v) is 4.99. The zero-order chi connectivity index (χ0) is 20.1. The zero-order valence-electron chi connectivity index (χ0n) is 17.4. The van der Waals surface area contributed by atoms with Crippen LogP contribution in [0.5, 0.6) is 0 Å². The Hall–Kier alpha value is -1.53. The summed E-state index contributed by atoms with van der Waals surface area (Å²) < 4.78 is 0. The van der Waals surface area contributed by atoms with Crippen molar-refractivity contribution in [1.29, 1.82) is 0 Å². The van der Waals surface area contributed by atoms with Crippen molar-refractivity contribution in [3.8, 4) is 0 Å². The summed E-state index contributed by atoms with van der Waals surface area (Å²) in [5.41, 5.74) is 1.23. The number of carbonyl (C=O) groups is 2. The average molecular weight is 404 g/mol. The summed E-state index contributed by atoms with van der Waals surface area (Å²) in [5.74, 6) is 2.09. The third-order valence-electron chi connectivity index (χ3n) is 5.69. The third-order valence-corrected chi connectivity index (χ3v) is 6.69. The molecule has 2 amide bonds. The number of nitrogens with zero attached hydrogens (tertiary/aromatic N) is 3. The number of hydrogen-bond acceptors (Lipinski definition) is 4. The molecule has 0 bridgehead atoms. The number of carbonyl (C=O) groups excluding carboxylic acids is 2. The monoisotopic (exact) mass is 403 g/mol. The lowest BCUT2D eigenvalue weighted by molar-refractivity contribution is -0.136. The number of thioether (sulfide) groups is 1. The molecule has 0 N–H and O–H groups in total. The van der Waals surface area contributed by atoms with Gasteiger partial charge in [0, 0.05) is 44.2 Å². The Kier molecular flexibility index (Phi) is 7.41. The maximum atomic E-state index is 12.7. The van der Waals surface area contributed by atoms with Crippen LogP contribution in [-0.2, 0) is 9.59 Å². The number of rotatable bonds is 5. The van der Waals surface area contributed by atoms with Gasteiger partial charge in [-0.15, -0.1) is 11.8 Å². The van der Waals surface area contributed by atoms with E-state index in [0.29, 0.717) is 37.2 Å². The number of piperazine rings is 1. The van der Waals surface area contributed by atoms with E-state index in [0.717, 1.165) is 31.1 Å². The molecule has 0 spiro atoms. The molecule has 0 saturated carbocycles. The van der Waals surface area contributed by atoms with E-state index >= 15 is 0 Å². The fourth-order valence-electron chi connectivity index (χ4n) is 4.18. The molecule has 2 heterocycles. The van der Waals surface area contributed by atoms with Gasteiger partial charge in [-0.3, -0.25) is 14.5 Å². The molecular weight excluding hydrogens is 370 g/mol. The second-order valence-corrected chi connectivity index (χ2v) is 9.55. The van der Waals surface area contributed by atoms with Crippen LogP contribution in [0, 0.1) is 18.8 Å². The second kappa shape index (κ2) is 9.79. The number of aryl methyl sites for hydroxylation is 1. The Bertz CT molecular complexity index is 661. The summed E-state index contributed by atoms with van der Waals surface area (Å²) >= 11 is 1.60. The van der Waals surface area contributed by atoms with Crippen LogP contribution >= 0.6 is 11.8 Å². The summed E-state index contributed by atoms with van der Waals surface area (Å²) in [6, 6.07) is 8.29. The number of benzene rings is 1. The molecule has 5 nitrogen and oxygen atoms in total. The van der Waals surface area contributed by atoms with E-state index in [1.807, 2.05) is 9.80 Å². The Balaban J connectivity index is 1.39. The van der Waals surface area contributed by atoms with Crippen LogP contribution in [0.1, 0.15) is 25.8 Å². The Morgan fingerprint density at radius 3 is 2.14 bits per heavy atom. The SMILES string of the molecule is Cc1ccc(SCC(=O)N2CCN(CC(=O)N3CC(C)CC(C)C3)CC2)cc1. The normalized spacial score (nSPS) is 23.7. The maximum absolute atomic E-state index is 12.7. The smallest absolute Gasteiger partial charge is 0.236 e. The number of hydrogen-bond donors (Lipinski definition) is 0. The van der Waals surface area contributed by atoms with Crippen molar-refractivity contribution in [2.24, 2.45) is 11.8 Å². The van der Waals surface area contributed by atoms with E-state index in [-0.39, 0.29) is 11.8 Å². The minimum absolute atomic E-state index is 0.190. The summed E-state index contributed by atoms with van der Waals surface area (Å²) in [7, 11) is 0. The van der Waals surface area contributed by atoms with Crippen LogP contribution in [0.25, 0.3) is 0 Å².